The second kappa shape index (κ2) is 37.5. The molecule has 0 spiro atoms. The molecule has 0 aromatic heterocycles. The molecular formula is C58H120N4O4+4. The van der Waals surface area contributed by atoms with Crippen LogP contribution in [0.4, 0.5) is 0 Å². The van der Waals surface area contributed by atoms with Gasteiger partial charge in [0.25, 0.3) is 0 Å². The molecule has 0 saturated carbocycles. The Labute approximate surface area is 412 Å². The van der Waals surface area contributed by atoms with E-state index in [0.29, 0.717) is 25.0 Å². The maximum atomic E-state index is 9.47. The van der Waals surface area contributed by atoms with E-state index in [1.807, 2.05) is 0 Å². The van der Waals surface area contributed by atoms with Crippen LogP contribution < -0.4 is 0 Å². The first-order valence-corrected chi connectivity index (χ1v) is 29.8. The van der Waals surface area contributed by atoms with Gasteiger partial charge >= 0.3 is 0 Å². The van der Waals surface area contributed by atoms with Crippen LogP contribution >= 0.6 is 0 Å². The Balaban J connectivity index is 0.000000351. The van der Waals surface area contributed by atoms with E-state index in [1.54, 1.807) is 0 Å². The minimum Gasteiger partial charge on any atom is -0.396 e. The molecule has 2 N–H and O–H groups in total. The van der Waals surface area contributed by atoms with Crippen molar-refractivity contribution in [3.8, 4) is 0 Å². The predicted molar refractivity (Wildman–Crippen MR) is 283 cm³/mol. The maximum Gasteiger partial charge on any atom is 0.102 e. The fourth-order valence-corrected chi connectivity index (χ4v) is 12.4. The third-order valence-electron chi connectivity index (χ3n) is 17.4. The maximum absolute atomic E-state index is 9.47. The van der Waals surface area contributed by atoms with E-state index in [-0.39, 0.29) is 0 Å². The van der Waals surface area contributed by atoms with Gasteiger partial charge in [-0.1, -0.05) is 141 Å². The summed E-state index contributed by atoms with van der Waals surface area (Å²) in [5, 5.41) is 18.9. The molecule has 392 valence electrons. The Morgan fingerprint density at radius 2 is 0.515 bits per heavy atom. The average Bonchev–Trinajstić information content (AvgIpc) is 3.31. The average molecular weight is 938 g/mol. The molecule has 4 atom stereocenters. The molecule has 66 heavy (non-hydrogen) atoms. The van der Waals surface area contributed by atoms with Crippen molar-refractivity contribution in [2.45, 2.75) is 218 Å². The van der Waals surface area contributed by atoms with Crippen molar-refractivity contribution in [2.24, 2.45) is 11.8 Å². The van der Waals surface area contributed by atoms with Gasteiger partial charge in [-0.15, -0.1) is 0 Å². The highest BCUT2D eigenvalue weighted by molar-refractivity contribution is 4.65. The van der Waals surface area contributed by atoms with E-state index < -0.39 is 0 Å². The molecule has 0 bridgehead atoms. The molecule has 4 fully saturated rings. The van der Waals surface area contributed by atoms with Crippen LogP contribution in [0.2, 0.25) is 0 Å². The van der Waals surface area contributed by atoms with E-state index in [2.05, 4.69) is 28.2 Å². The number of quaternary nitrogens is 4. The van der Waals surface area contributed by atoms with Gasteiger partial charge in [0, 0.05) is 11.8 Å². The number of unbranched alkanes of at least 4 members (excludes halogenated alkanes) is 28. The van der Waals surface area contributed by atoms with Gasteiger partial charge < -0.3 is 37.6 Å². The van der Waals surface area contributed by atoms with Crippen LogP contribution in [0.3, 0.4) is 0 Å². The number of nitrogens with zero attached hydrogens (tertiary/aromatic N) is 4. The smallest absolute Gasteiger partial charge is 0.102 e. The minimum absolute atomic E-state index is 0.389. The zero-order valence-corrected chi connectivity index (χ0v) is 45.4. The van der Waals surface area contributed by atoms with Crippen molar-refractivity contribution < 1.29 is 37.6 Å². The van der Waals surface area contributed by atoms with E-state index >= 15 is 0 Å². The summed E-state index contributed by atoms with van der Waals surface area (Å²) >= 11 is 0. The molecule has 8 nitrogen and oxygen atoms in total. The number of aliphatic hydroxyl groups is 2. The zero-order chi connectivity index (χ0) is 47.3. The summed E-state index contributed by atoms with van der Waals surface area (Å²) in [6.07, 6.45) is 48.2. The molecule has 0 aromatic rings. The van der Waals surface area contributed by atoms with Crippen LogP contribution in [0.1, 0.15) is 218 Å². The molecule has 4 unspecified atom stereocenters. The topological polar surface area (TPSA) is 58.9 Å². The van der Waals surface area contributed by atoms with Gasteiger partial charge in [-0.25, -0.2) is 0 Å². The molecule has 0 radical (unpaired) electrons. The van der Waals surface area contributed by atoms with Crippen LogP contribution in [0.15, 0.2) is 0 Å². The molecule has 0 aromatic carbocycles. The Hall–Kier alpha value is -0.320. The van der Waals surface area contributed by atoms with Gasteiger partial charge in [-0.3, -0.25) is 0 Å². The van der Waals surface area contributed by atoms with Gasteiger partial charge in [0.15, 0.2) is 0 Å². The lowest BCUT2D eigenvalue weighted by atomic mass is 9.96. The van der Waals surface area contributed by atoms with E-state index in [9.17, 15) is 10.2 Å². The Kier molecular flexibility index (Phi) is 34.0. The van der Waals surface area contributed by atoms with E-state index in [0.717, 1.165) is 26.4 Å². The standard InChI is InChI=1S/C30H62N2O2.C28H58N2O2/c1-31(23-17-19-29(25-31)27-33)21-15-13-11-9-7-5-3-4-6-8-10-12-14-16-22-32(2)24-18-20-30(26-32)28-34;1-29(21-25-31-26-22-29)19-17-15-13-11-9-7-5-3-4-6-8-10-12-14-16-18-20-30(2)23-27-32-28-24-30/h29-30,33-34H,3-28H2,1-2H3;3-28H2,1-2H3/q2*+2. The minimum atomic E-state index is 0.389. The summed E-state index contributed by atoms with van der Waals surface area (Å²) < 4.78 is 15.9. The molecule has 4 heterocycles. The summed E-state index contributed by atoms with van der Waals surface area (Å²) in [4.78, 5) is 0. The van der Waals surface area contributed by atoms with E-state index in [1.165, 1.54) is 315 Å². The molecule has 8 heteroatoms. The zero-order valence-electron chi connectivity index (χ0n) is 45.4. The normalized spacial score (nSPS) is 25.4. The van der Waals surface area contributed by atoms with Crippen molar-refractivity contribution in [3.05, 3.63) is 0 Å². The predicted octanol–water partition coefficient (Wildman–Crippen LogP) is 12.3. The highest BCUT2D eigenvalue weighted by Crippen LogP contribution is 2.25. The van der Waals surface area contributed by atoms with Crippen molar-refractivity contribution >= 4 is 0 Å². The highest BCUT2D eigenvalue weighted by atomic mass is 16.5. The van der Waals surface area contributed by atoms with E-state index in [4.69, 9.17) is 9.47 Å². The summed E-state index contributed by atoms with van der Waals surface area (Å²) in [7, 11) is 9.65. The number of morpholine rings is 2. The van der Waals surface area contributed by atoms with Crippen LogP contribution in [0.5, 0.6) is 0 Å². The SMILES string of the molecule is C[N+]1(CCCCCCCCCCCCCCCCCC[N+]2(C)CCOCC2)CCOCC1.C[N+]1(CCCCCCCCCCCCCCCC[N+]2(C)CCCC(CO)C2)CCCC(CO)C1. The van der Waals surface area contributed by atoms with Crippen molar-refractivity contribution in [2.75, 3.05) is 146 Å². The van der Waals surface area contributed by atoms with Gasteiger partial charge in [0.2, 0.25) is 0 Å². The summed E-state index contributed by atoms with van der Waals surface area (Å²) in [5.74, 6) is 1.10. The Bertz CT molecular complexity index is 1020. The van der Waals surface area contributed by atoms with Gasteiger partial charge in [-0.2, -0.15) is 0 Å². The van der Waals surface area contributed by atoms with Crippen molar-refractivity contribution in [1.29, 1.82) is 0 Å². The number of piperidine rings is 2. The van der Waals surface area contributed by atoms with Gasteiger partial charge in [0.05, 0.1) is 120 Å². The Morgan fingerprint density at radius 3 is 0.742 bits per heavy atom. The number of hydrogen-bond acceptors (Lipinski definition) is 4. The van der Waals surface area contributed by atoms with Gasteiger partial charge in [-0.05, 0) is 77.0 Å². The first kappa shape index (κ1) is 60.0. The third kappa shape index (κ3) is 29.8. The summed E-state index contributed by atoms with van der Waals surface area (Å²) in [5.41, 5.74) is 0. The fourth-order valence-electron chi connectivity index (χ4n) is 12.4. The summed E-state index contributed by atoms with van der Waals surface area (Å²) in [6.45, 7) is 19.9. The fraction of sp³-hybridized carbons (Fsp3) is 1.00. The molecule has 4 aliphatic heterocycles. The molecule has 4 saturated heterocycles. The number of aliphatic hydroxyl groups excluding tert-OH is 2. The number of likely N-dealkylation sites (N-methyl/N-ethyl adjacent to an activating group) is 2. The highest BCUT2D eigenvalue weighted by Gasteiger charge is 2.31. The molecule has 0 aliphatic carbocycles. The Morgan fingerprint density at radius 1 is 0.303 bits per heavy atom. The lowest BCUT2D eigenvalue weighted by molar-refractivity contribution is -0.917. The first-order chi connectivity index (χ1) is 32.1. The molecule has 4 rings (SSSR count). The molecule has 4 aliphatic rings. The third-order valence-corrected chi connectivity index (χ3v) is 17.4. The molecular weight excluding hydrogens is 817 g/mol. The van der Waals surface area contributed by atoms with Crippen LogP contribution in [0, 0.1) is 11.8 Å². The van der Waals surface area contributed by atoms with Crippen LogP contribution in [0.25, 0.3) is 0 Å². The van der Waals surface area contributed by atoms with Crippen LogP contribution in [-0.2, 0) is 9.47 Å². The largest absolute Gasteiger partial charge is 0.396 e. The number of hydrogen-bond donors (Lipinski definition) is 2. The summed E-state index contributed by atoms with van der Waals surface area (Å²) in [6, 6.07) is 0. The monoisotopic (exact) mass is 937 g/mol. The van der Waals surface area contributed by atoms with Gasteiger partial charge in [0.1, 0.15) is 26.2 Å². The second-order valence-corrected chi connectivity index (χ2v) is 24.3. The number of rotatable bonds is 38. The van der Waals surface area contributed by atoms with Crippen molar-refractivity contribution in [1.82, 2.24) is 0 Å². The molecule has 0 amide bonds. The van der Waals surface area contributed by atoms with Crippen molar-refractivity contribution in [3.63, 3.8) is 0 Å². The first-order valence-electron chi connectivity index (χ1n) is 29.8. The lowest BCUT2D eigenvalue weighted by Crippen LogP contribution is -2.52. The second-order valence-electron chi connectivity index (χ2n) is 24.3. The van der Waals surface area contributed by atoms with Crippen LogP contribution in [-0.4, -0.2) is 175 Å². The lowest BCUT2D eigenvalue weighted by Gasteiger charge is -2.41. The number of ether oxygens (including phenoxy) is 2. The quantitative estimate of drug-likeness (QED) is 0.0478. The number of likely N-dealkylation sites (tertiary alicyclic amines) is 2.